The predicted molar refractivity (Wildman–Crippen MR) is 71.5 cm³/mol. The summed E-state index contributed by atoms with van der Waals surface area (Å²) in [4.78, 5) is 18.9. The van der Waals surface area contributed by atoms with E-state index >= 15 is 0 Å². The van der Waals surface area contributed by atoms with E-state index in [0.29, 0.717) is 18.0 Å². The number of H-pyrrole nitrogens is 1. The highest BCUT2D eigenvalue weighted by Crippen LogP contribution is 2.10. The molecule has 1 aromatic heterocycles. The molecule has 0 saturated heterocycles. The van der Waals surface area contributed by atoms with Gasteiger partial charge in [0, 0.05) is 11.7 Å². The molecule has 18 heavy (non-hydrogen) atoms. The summed E-state index contributed by atoms with van der Waals surface area (Å²) in [5.41, 5.74) is 1.41. The third-order valence-corrected chi connectivity index (χ3v) is 2.70. The number of ether oxygens (including phenoxy) is 1. The Morgan fingerprint density at radius 1 is 1.56 bits per heavy atom. The predicted octanol–water partition coefficient (Wildman–Crippen LogP) is 1.59. The lowest BCUT2D eigenvalue weighted by Crippen LogP contribution is -2.28. The number of aryl methyl sites for hydroxylation is 2. The minimum Gasteiger partial charge on any atom is -0.502 e. The molecule has 0 aliphatic carbocycles. The minimum atomic E-state index is -0.0673. The molecule has 0 aromatic carbocycles. The zero-order valence-corrected chi connectivity index (χ0v) is 11.2. The van der Waals surface area contributed by atoms with Crippen molar-refractivity contribution in [3.05, 3.63) is 40.3 Å². The van der Waals surface area contributed by atoms with Crippen molar-refractivity contribution in [2.24, 2.45) is 0 Å². The Balaban J connectivity index is 2.59. The molecule has 0 bridgehead atoms. The molecular weight excluding hydrogens is 230 g/mol. The molecule has 2 N–H and O–H groups in total. The standard InChI is InChI=1S/C13H21N3O2/c1-5-18-8-6-7-14-9(2)12-10(3)15-11(4)16-13(12)17/h5,9,14H,1,6-8H2,2-4H3,(H,15,16,17). The molecule has 1 rings (SSSR count). The molecule has 0 saturated carbocycles. The van der Waals surface area contributed by atoms with Crippen LogP contribution in [0.25, 0.3) is 0 Å². The summed E-state index contributed by atoms with van der Waals surface area (Å²) >= 11 is 0. The van der Waals surface area contributed by atoms with Crippen LogP contribution in [0.5, 0.6) is 0 Å². The van der Waals surface area contributed by atoms with Crippen LogP contribution in [0.1, 0.15) is 36.5 Å². The van der Waals surface area contributed by atoms with Crippen LogP contribution in [0.2, 0.25) is 0 Å². The summed E-state index contributed by atoms with van der Waals surface area (Å²) < 4.78 is 5.03. The summed E-state index contributed by atoms with van der Waals surface area (Å²) in [5, 5.41) is 3.28. The molecular formula is C13H21N3O2. The van der Waals surface area contributed by atoms with Crippen LogP contribution >= 0.6 is 0 Å². The van der Waals surface area contributed by atoms with Crippen molar-refractivity contribution in [3.63, 3.8) is 0 Å². The third-order valence-electron chi connectivity index (χ3n) is 2.70. The van der Waals surface area contributed by atoms with Gasteiger partial charge < -0.3 is 15.0 Å². The van der Waals surface area contributed by atoms with Gasteiger partial charge in [0.25, 0.3) is 5.56 Å². The normalized spacial score (nSPS) is 12.2. The summed E-state index contributed by atoms with van der Waals surface area (Å²) in [7, 11) is 0. The first-order valence-corrected chi connectivity index (χ1v) is 6.09. The van der Waals surface area contributed by atoms with E-state index in [2.05, 4.69) is 21.9 Å². The third kappa shape index (κ3) is 4.00. The van der Waals surface area contributed by atoms with Gasteiger partial charge in [-0.15, -0.1) is 0 Å². The van der Waals surface area contributed by atoms with Crippen LogP contribution < -0.4 is 10.9 Å². The van der Waals surface area contributed by atoms with Crippen LogP contribution in [0, 0.1) is 13.8 Å². The molecule has 0 radical (unpaired) electrons. The Kier molecular flexibility index (Phi) is 5.58. The summed E-state index contributed by atoms with van der Waals surface area (Å²) in [6, 6.07) is -0.0226. The van der Waals surface area contributed by atoms with Gasteiger partial charge in [-0.1, -0.05) is 6.58 Å². The zero-order valence-electron chi connectivity index (χ0n) is 11.2. The second-order valence-corrected chi connectivity index (χ2v) is 4.22. The molecule has 1 atom stereocenters. The number of aromatic amines is 1. The summed E-state index contributed by atoms with van der Waals surface area (Å²) in [5.74, 6) is 0.646. The van der Waals surface area contributed by atoms with E-state index in [9.17, 15) is 4.79 Å². The molecule has 0 aliphatic rings. The average Bonchev–Trinajstić information content (AvgIpc) is 2.27. The Labute approximate surface area is 107 Å². The second kappa shape index (κ2) is 6.96. The first-order chi connectivity index (χ1) is 8.56. The zero-order chi connectivity index (χ0) is 13.5. The van der Waals surface area contributed by atoms with Gasteiger partial charge in [-0.2, -0.15) is 0 Å². The van der Waals surface area contributed by atoms with Crippen LogP contribution in [0.3, 0.4) is 0 Å². The molecule has 1 unspecified atom stereocenters. The molecule has 100 valence electrons. The highest BCUT2D eigenvalue weighted by atomic mass is 16.5. The SMILES string of the molecule is C=COCCCNC(C)c1c(C)nc(C)[nH]c1=O. The highest BCUT2D eigenvalue weighted by molar-refractivity contribution is 5.19. The fraction of sp³-hybridized carbons (Fsp3) is 0.538. The van der Waals surface area contributed by atoms with Gasteiger partial charge in [0.15, 0.2) is 0 Å². The Morgan fingerprint density at radius 3 is 2.89 bits per heavy atom. The second-order valence-electron chi connectivity index (χ2n) is 4.22. The quantitative estimate of drug-likeness (QED) is 0.570. The van der Waals surface area contributed by atoms with Gasteiger partial charge in [-0.05, 0) is 33.7 Å². The number of aromatic nitrogens is 2. The van der Waals surface area contributed by atoms with E-state index in [1.807, 2.05) is 13.8 Å². The van der Waals surface area contributed by atoms with Crippen LogP contribution in [0.4, 0.5) is 0 Å². The van der Waals surface area contributed by atoms with Crippen molar-refractivity contribution >= 4 is 0 Å². The molecule has 5 heteroatoms. The summed E-state index contributed by atoms with van der Waals surface area (Å²) in [6.07, 6.45) is 2.30. The van der Waals surface area contributed by atoms with Crippen LogP contribution in [-0.2, 0) is 4.74 Å². The minimum absolute atomic E-state index is 0.0226. The van der Waals surface area contributed by atoms with Gasteiger partial charge in [-0.25, -0.2) is 4.98 Å². The number of hydrogen-bond acceptors (Lipinski definition) is 4. The van der Waals surface area contributed by atoms with Crippen molar-refractivity contribution in [2.75, 3.05) is 13.2 Å². The van der Waals surface area contributed by atoms with Gasteiger partial charge in [0.05, 0.1) is 18.4 Å². The largest absolute Gasteiger partial charge is 0.502 e. The Hall–Kier alpha value is -1.62. The molecule has 0 spiro atoms. The van der Waals surface area contributed by atoms with Crippen molar-refractivity contribution in [1.29, 1.82) is 0 Å². The van der Waals surface area contributed by atoms with Gasteiger partial charge in [0.2, 0.25) is 0 Å². The fourth-order valence-corrected chi connectivity index (χ4v) is 1.91. The van der Waals surface area contributed by atoms with E-state index in [-0.39, 0.29) is 11.6 Å². The molecule has 0 aliphatic heterocycles. The van der Waals surface area contributed by atoms with E-state index in [4.69, 9.17) is 4.74 Å². The van der Waals surface area contributed by atoms with E-state index < -0.39 is 0 Å². The van der Waals surface area contributed by atoms with Crippen molar-refractivity contribution in [3.8, 4) is 0 Å². The van der Waals surface area contributed by atoms with Crippen molar-refractivity contribution in [1.82, 2.24) is 15.3 Å². The van der Waals surface area contributed by atoms with E-state index in [0.717, 1.165) is 18.7 Å². The van der Waals surface area contributed by atoms with Crippen LogP contribution in [0.15, 0.2) is 17.6 Å². The fourth-order valence-electron chi connectivity index (χ4n) is 1.91. The molecule has 1 aromatic rings. The van der Waals surface area contributed by atoms with E-state index in [1.165, 1.54) is 6.26 Å². The van der Waals surface area contributed by atoms with Gasteiger partial charge >= 0.3 is 0 Å². The maximum atomic E-state index is 11.9. The molecule has 5 nitrogen and oxygen atoms in total. The topological polar surface area (TPSA) is 67.0 Å². The van der Waals surface area contributed by atoms with Crippen molar-refractivity contribution in [2.45, 2.75) is 33.2 Å². The number of hydrogen-bond donors (Lipinski definition) is 2. The van der Waals surface area contributed by atoms with Gasteiger partial charge in [-0.3, -0.25) is 4.79 Å². The lowest BCUT2D eigenvalue weighted by molar-refractivity contribution is 0.243. The molecule has 1 heterocycles. The smallest absolute Gasteiger partial charge is 0.255 e. The van der Waals surface area contributed by atoms with E-state index in [1.54, 1.807) is 6.92 Å². The first kappa shape index (κ1) is 14.4. The number of nitrogens with zero attached hydrogens (tertiary/aromatic N) is 1. The molecule has 0 fully saturated rings. The maximum Gasteiger partial charge on any atom is 0.255 e. The lowest BCUT2D eigenvalue weighted by Gasteiger charge is -2.15. The maximum absolute atomic E-state index is 11.9. The Bertz CT molecular complexity index is 454. The van der Waals surface area contributed by atoms with Crippen molar-refractivity contribution < 1.29 is 4.74 Å². The number of rotatable bonds is 7. The van der Waals surface area contributed by atoms with Gasteiger partial charge in [0.1, 0.15) is 5.82 Å². The summed E-state index contributed by atoms with van der Waals surface area (Å²) in [6.45, 7) is 10.5. The molecule has 0 amide bonds. The monoisotopic (exact) mass is 251 g/mol. The highest BCUT2D eigenvalue weighted by Gasteiger charge is 2.13. The lowest BCUT2D eigenvalue weighted by atomic mass is 10.1. The number of nitrogens with one attached hydrogen (secondary N) is 2. The average molecular weight is 251 g/mol. The first-order valence-electron chi connectivity index (χ1n) is 6.09. The van der Waals surface area contributed by atoms with Crippen LogP contribution in [-0.4, -0.2) is 23.1 Å². The Morgan fingerprint density at radius 2 is 2.28 bits per heavy atom.